The van der Waals surface area contributed by atoms with Crippen molar-refractivity contribution in [3.63, 3.8) is 0 Å². The molecule has 0 spiro atoms. The number of aromatic nitrogens is 3. The molecule has 2 rings (SSSR count). The minimum atomic E-state index is -0.553. The molecular weight excluding hydrogens is 279 g/mol. The van der Waals surface area contributed by atoms with Gasteiger partial charge in [0.05, 0.1) is 6.54 Å². The SMILES string of the molecule is CC[C@H](CNC(=O)c1n[nH]c(=O)[nH]1)Oc1cccc(F)c1. The molecule has 1 atom stereocenters. The van der Waals surface area contributed by atoms with E-state index in [9.17, 15) is 14.0 Å². The second-order valence-corrected chi connectivity index (χ2v) is 4.34. The van der Waals surface area contributed by atoms with Crippen LogP contribution in [0.4, 0.5) is 4.39 Å². The van der Waals surface area contributed by atoms with Crippen molar-refractivity contribution < 1.29 is 13.9 Å². The molecule has 0 bridgehead atoms. The lowest BCUT2D eigenvalue weighted by atomic mass is 10.2. The Bertz CT molecular complexity index is 667. The van der Waals surface area contributed by atoms with Crippen LogP contribution in [0.3, 0.4) is 0 Å². The number of hydrogen-bond donors (Lipinski definition) is 3. The smallest absolute Gasteiger partial charge is 0.341 e. The van der Waals surface area contributed by atoms with Crippen LogP contribution in [0, 0.1) is 5.82 Å². The summed E-state index contributed by atoms with van der Waals surface area (Å²) in [5.74, 6) is -0.611. The number of benzene rings is 1. The first-order chi connectivity index (χ1) is 10.1. The highest BCUT2D eigenvalue weighted by atomic mass is 19.1. The Morgan fingerprint density at radius 1 is 1.52 bits per heavy atom. The summed E-state index contributed by atoms with van der Waals surface area (Å²) in [4.78, 5) is 24.8. The molecule has 0 unspecified atom stereocenters. The van der Waals surface area contributed by atoms with Crippen LogP contribution in [0.2, 0.25) is 0 Å². The van der Waals surface area contributed by atoms with E-state index in [1.807, 2.05) is 6.92 Å². The minimum absolute atomic E-state index is 0.0967. The molecule has 0 saturated carbocycles. The summed E-state index contributed by atoms with van der Waals surface area (Å²) in [5.41, 5.74) is -0.553. The van der Waals surface area contributed by atoms with Crippen molar-refractivity contribution in [2.45, 2.75) is 19.4 Å². The molecule has 1 aromatic carbocycles. The lowest BCUT2D eigenvalue weighted by molar-refractivity contribution is 0.0916. The van der Waals surface area contributed by atoms with Gasteiger partial charge in [0.2, 0.25) is 5.82 Å². The summed E-state index contributed by atoms with van der Waals surface area (Å²) in [7, 11) is 0. The summed E-state index contributed by atoms with van der Waals surface area (Å²) < 4.78 is 18.6. The van der Waals surface area contributed by atoms with Crippen LogP contribution in [0.5, 0.6) is 5.75 Å². The van der Waals surface area contributed by atoms with Crippen LogP contribution in [0.25, 0.3) is 0 Å². The van der Waals surface area contributed by atoms with Gasteiger partial charge >= 0.3 is 5.69 Å². The average Bonchev–Trinajstić information content (AvgIpc) is 2.90. The first-order valence-corrected chi connectivity index (χ1v) is 6.43. The monoisotopic (exact) mass is 294 g/mol. The van der Waals surface area contributed by atoms with Gasteiger partial charge < -0.3 is 10.1 Å². The number of hydrogen-bond acceptors (Lipinski definition) is 4. The number of carbonyl (C=O) groups excluding carboxylic acids is 1. The molecule has 2 aromatic rings. The Morgan fingerprint density at radius 3 is 2.95 bits per heavy atom. The molecule has 8 heteroatoms. The second kappa shape index (κ2) is 6.69. The van der Waals surface area contributed by atoms with E-state index in [0.29, 0.717) is 12.2 Å². The highest BCUT2D eigenvalue weighted by Gasteiger charge is 2.14. The largest absolute Gasteiger partial charge is 0.489 e. The summed E-state index contributed by atoms with van der Waals surface area (Å²) in [6, 6.07) is 5.78. The lowest BCUT2D eigenvalue weighted by Crippen LogP contribution is -2.35. The maximum Gasteiger partial charge on any atom is 0.341 e. The number of nitrogens with zero attached hydrogens (tertiary/aromatic N) is 1. The van der Waals surface area contributed by atoms with Crippen molar-refractivity contribution >= 4 is 5.91 Å². The molecule has 3 N–H and O–H groups in total. The van der Waals surface area contributed by atoms with Crippen molar-refractivity contribution in [3.05, 3.63) is 46.4 Å². The van der Waals surface area contributed by atoms with Gasteiger partial charge in [-0.1, -0.05) is 13.0 Å². The van der Waals surface area contributed by atoms with Gasteiger partial charge in [0.15, 0.2) is 0 Å². The van der Waals surface area contributed by atoms with Crippen molar-refractivity contribution in [2.75, 3.05) is 6.54 Å². The van der Waals surface area contributed by atoms with Crippen LogP contribution >= 0.6 is 0 Å². The summed E-state index contributed by atoms with van der Waals surface area (Å²) >= 11 is 0. The zero-order chi connectivity index (χ0) is 15.2. The summed E-state index contributed by atoms with van der Waals surface area (Å²) in [5, 5.41) is 8.21. The van der Waals surface area contributed by atoms with E-state index < -0.39 is 11.6 Å². The molecule has 0 fully saturated rings. The van der Waals surface area contributed by atoms with E-state index in [4.69, 9.17) is 4.74 Å². The Kier molecular flexibility index (Phi) is 4.70. The number of halogens is 1. The zero-order valence-corrected chi connectivity index (χ0v) is 11.4. The normalized spacial score (nSPS) is 11.9. The molecule has 112 valence electrons. The van der Waals surface area contributed by atoms with Crippen molar-refractivity contribution in [1.29, 1.82) is 0 Å². The molecule has 1 heterocycles. The molecule has 1 aromatic heterocycles. The number of rotatable bonds is 6. The van der Waals surface area contributed by atoms with Crippen LogP contribution in [-0.2, 0) is 0 Å². The van der Waals surface area contributed by atoms with E-state index in [-0.39, 0.29) is 24.3 Å². The van der Waals surface area contributed by atoms with Crippen LogP contribution in [0.15, 0.2) is 29.1 Å². The number of carbonyl (C=O) groups is 1. The molecule has 0 saturated heterocycles. The van der Waals surface area contributed by atoms with Crippen molar-refractivity contribution in [3.8, 4) is 5.75 Å². The third-order valence-electron chi connectivity index (χ3n) is 2.76. The van der Waals surface area contributed by atoms with Gasteiger partial charge in [0.1, 0.15) is 17.7 Å². The predicted molar refractivity (Wildman–Crippen MR) is 72.6 cm³/mol. The number of nitrogens with one attached hydrogen (secondary N) is 3. The maximum absolute atomic E-state index is 13.1. The van der Waals surface area contributed by atoms with Gasteiger partial charge in [0, 0.05) is 6.07 Å². The van der Waals surface area contributed by atoms with Gasteiger partial charge in [-0.3, -0.25) is 9.78 Å². The molecule has 0 aliphatic heterocycles. The van der Waals surface area contributed by atoms with E-state index in [1.165, 1.54) is 12.1 Å². The standard InChI is InChI=1S/C13H15FN4O3/c1-2-9(21-10-5-3-4-8(14)6-10)7-15-12(19)11-16-13(20)18-17-11/h3-6,9H,2,7H2,1H3,(H,15,19)(H2,16,17,18,20)/t9-/m1/s1. The van der Waals surface area contributed by atoms with Crippen LogP contribution in [-0.4, -0.2) is 33.7 Å². The molecule has 1 amide bonds. The van der Waals surface area contributed by atoms with Crippen LogP contribution < -0.4 is 15.7 Å². The fourth-order valence-corrected chi connectivity index (χ4v) is 1.67. The topological polar surface area (TPSA) is 99.9 Å². The van der Waals surface area contributed by atoms with Gasteiger partial charge in [-0.15, -0.1) is 5.10 Å². The first-order valence-electron chi connectivity index (χ1n) is 6.43. The second-order valence-electron chi connectivity index (χ2n) is 4.34. The highest BCUT2D eigenvalue weighted by Crippen LogP contribution is 2.14. The lowest BCUT2D eigenvalue weighted by Gasteiger charge is -2.17. The Hall–Kier alpha value is -2.64. The Morgan fingerprint density at radius 2 is 2.33 bits per heavy atom. The quantitative estimate of drug-likeness (QED) is 0.734. The number of ether oxygens (including phenoxy) is 1. The molecule has 21 heavy (non-hydrogen) atoms. The van der Waals surface area contributed by atoms with Gasteiger partial charge in [-0.05, 0) is 18.6 Å². The number of H-pyrrole nitrogens is 2. The van der Waals surface area contributed by atoms with Crippen molar-refractivity contribution in [2.24, 2.45) is 0 Å². The molecule has 0 aliphatic rings. The molecule has 0 radical (unpaired) electrons. The van der Waals surface area contributed by atoms with Crippen LogP contribution in [0.1, 0.15) is 24.0 Å². The third kappa shape index (κ3) is 4.16. The van der Waals surface area contributed by atoms with E-state index in [2.05, 4.69) is 20.5 Å². The zero-order valence-electron chi connectivity index (χ0n) is 11.4. The molecule has 7 nitrogen and oxygen atoms in total. The first kappa shape index (κ1) is 14.8. The fraction of sp³-hybridized carbons (Fsp3) is 0.308. The van der Waals surface area contributed by atoms with E-state index in [0.717, 1.165) is 0 Å². The third-order valence-corrected chi connectivity index (χ3v) is 2.76. The average molecular weight is 294 g/mol. The van der Waals surface area contributed by atoms with Gasteiger partial charge in [-0.25, -0.2) is 14.3 Å². The van der Waals surface area contributed by atoms with Gasteiger partial charge in [-0.2, -0.15) is 0 Å². The Labute approximate surface area is 119 Å². The van der Waals surface area contributed by atoms with Crippen molar-refractivity contribution in [1.82, 2.24) is 20.5 Å². The molecular formula is C13H15FN4O3. The van der Waals surface area contributed by atoms with E-state index >= 15 is 0 Å². The fourth-order valence-electron chi connectivity index (χ4n) is 1.67. The number of aromatic amines is 2. The maximum atomic E-state index is 13.1. The highest BCUT2D eigenvalue weighted by molar-refractivity contribution is 5.90. The van der Waals surface area contributed by atoms with E-state index in [1.54, 1.807) is 12.1 Å². The summed E-state index contributed by atoms with van der Waals surface area (Å²) in [6.07, 6.45) is 0.301. The minimum Gasteiger partial charge on any atom is -0.489 e. The summed E-state index contributed by atoms with van der Waals surface area (Å²) in [6.45, 7) is 2.09. The number of amides is 1. The molecule has 0 aliphatic carbocycles. The van der Waals surface area contributed by atoms with Gasteiger partial charge in [0.25, 0.3) is 5.91 Å². The Balaban J connectivity index is 1.90. The predicted octanol–water partition coefficient (Wildman–Crippen LogP) is 0.824.